The number of nitrogens with zero attached hydrogens (tertiary/aromatic N) is 2. The van der Waals surface area contributed by atoms with Gasteiger partial charge in [0.1, 0.15) is 0 Å². The molecule has 0 amide bonds. The summed E-state index contributed by atoms with van der Waals surface area (Å²) in [6.07, 6.45) is 2.06. The third kappa shape index (κ3) is 6.31. The van der Waals surface area contributed by atoms with Crippen molar-refractivity contribution in [3.8, 4) is 0 Å². The molecule has 0 bridgehead atoms. The van der Waals surface area contributed by atoms with Gasteiger partial charge < -0.3 is 15.4 Å². The summed E-state index contributed by atoms with van der Waals surface area (Å²) in [5.41, 5.74) is 1.46. The highest BCUT2D eigenvalue weighted by atomic mass is 127. The predicted molar refractivity (Wildman–Crippen MR) is 132 cm³/mol. The molecule has 1 aromatic carbocycles. The maximum Gasteiger partial charge on any atom is 0.191 e. The molecule has 2 aliphatic heterocycles. The van der Waals surface area contributed by atoms with Gasteiger partial charge in [-0.25, -0.2) is 0 Å². The van der Waals surface area contributed by atoms with Crippen LogP contribution in [0, 0.1) is 5.92 Å². The van der Waals surface area contributed by atoms with Crippen LogP contribution in [0.1, 0.15) is 46.1 Å². The number of hydrogen-bond donors (Lipinski definition) is 2. The van der Waals surface area contributed by atoms with Gasteiger partial charge >= 0.3 is 0 Å². The maximum atomic E-state index is 5.67. The average molecular weight is 514 g/mol. The molecule has 2 N–H and O–H groups in total. The molecule has 0 aromatic heterocycles. The topological polar surface area (TPSA) is 48.9 Å². The zero-order valence-corrected chi connectivity index (χ0v) is 20.8. The Hall–Kier alpha value is -0.860. The molecule has 164 valence electrons. The van der Waals surface area contributed by atoms with Crippen molar-refractivity contribution in [2.24, 2.45) is 10.9 Å². The minimum Gasteiger partial charge on any atom is -0.381 e. The minimum atomic E-state index is 0. The Labute approximate surface area is 194 Å². The lowest BCUT2D eigenvalue weighted by atomic mass is 9.74. The van der Waals surface area contributed by atoms with E-state index in [0.29, 0.717) is 18.0 Å². The minimum absolute atomic E-state index is 0. The first-order chi connectivity index (χ1) is 13.5. The predicted octanol–water partition coefficient (Wildman–Crippen LogP) is 3.64. The van der Waals surface area contributed by atoms with Crippen LogP contribution in [0.5, 0.6) is 0 Å². The number of likely N-dealkylation sites (tertiary alicyclic amines) is 1. The molecule has 2 atom stereocenters. The highest BCUT2D eigenvalue weighted by molar-refractivity contribution is 14.0. The largest absolute Gasteiger partial charge is 0.381 e. The fourth-order valence-electron chi connectivity index (χ4n) is 4.43. The maximum absolute atomic E-state index is 5.67. The molecule has 2 unspecified atom stereocenters. The van der Waals surface area contributed by atoms with Gasteiger partial charge in [-0.1, -0.05) is 37.3 Å². The van der Waals surface area contributed by atoms with Gasteiger partial charge in [0.2, 0.25) is 0 Å². The number of aliphatic imine (C=N–C) groups is 1. The molecule has 2 fully saturated rings. The Morgan fingerprint density at radius 3 is 2.48 bits per heavy atom. The van der Waals surface area contributed by atoms with Crippen molar-refractivity contribution in [1.82, 2.24) is 15.5 Å². The molecule has 1 aromatic rings. The van der Waals surface area contributed by atoms with Gasteiger partial charge in [-0.05, 0) is 45.1 Å². The van der Waals surface area contributed by atoms with Crippen molar-refractivity contribution >= 4 is 29.9 Å². The Morgan fingerprint density at radius 1 is 1.21 bits per heavy atom. The summed E-state index contributed by atoms with van der Waals surface area (Å²) in [6, 6.07) is 11.9. The number of nitrogens with one attached hydrogen (secondary N) is 2. The van der Waals surface area contributed by atoms with Crippen molar-refractivity contribution in [2.75, 3.05) is 39.4 Å². The average Bonchev–Trinajstić information content (AvgIpc) is 3.08. The van der Waals surface area contributed by atoms with Gasteiger partial charge in [0.15, 0.2) is 5.96 Å². The van der Waals surface area contributed by atoms with E-state index in [4.69, 9.17) is 9.73 Å². The number of ether oxygens (including phenoxy) is 1. The number of halogens is 1. The van der Waals surface area contributed by atoms with E-state index in [0.717, 1.165) is 58.2 Å². The first kappa shape index (κ1) is 24.4. The van der Waals surface area contributed by atoms with Gasteiger partial charge in [0.25, 0.3) is 0 Å². The van der Waals surface area contributed by atoms with E-state index in [1.165, 1.54) is 5.56 Å². The molecular weight excluding hydrogens is 475 g/mol. The van der Waals surface area contributed by atoms with Gasteiger partial charge in [-0.2, -0.15) is 0 Å². The normalized spacial score (nSPS) is 24.9. The summed E-state index contributed by atoms with van der Waals surface area (Å²) in [7, 11) is 0. The Balaban J connectivity index is 0.00000300. The molecule has 3 rings (SSSR count). The number of hydrogen-bond acceptors (Lipinski definition) is 3. The Morgan fingerprint density at radius 2 is 1.90 bits per heavy atom. The zero-order chi connectivity index (χ0) is 20.0. The summed E-state index contributed by atoms with van der Waals surface area (Å²) < 4.78 is 5.67. The van der Waals surface area contributed by atoms with E-state index in [9.17, 15) is 0 Å². The molecule has 5 nitrogen and oxygen atoms in total. The lowest BCUT2D eigenvalue weighted by Gasteiger charge is -2.36. The van der Waals surface area contributed by atoms with Crippen LogP contribution >= 0.6 is 24.0 Å². The van der Waals surface area contributed by atoms with Crippen molar-refractivity contribution in [2.45, 2.75) is 58.0 Å². The van der Waals surface area contributed by atoms with E-state index in [1.54, 1.807) is 0 Å². The fraction of sp³-hybridized carbons (Fsp3) is 0.696. The van der Waals surface area contributed by atoms with Crippen molar-refractivity contribution in [3.05, 3.63) is 35.9 Å². The molecule has 2 heterocycles. The van der Waals surface area contributed by atoms with Crippen LogP contribution in [0.4, 0.5) is 0 Å². The van der Waals surface area contributed by atoms with Gasteiger partial charge in [0, 0.05) is 50.3 Å². The summed E-state index contributed by atoms with van der Waals surface area (Å²) >= 11 is 0. The lowest BCUT2D eigenvalue weighted by Crippen LogP contribution is -2.47. The Bertz CT molecular complexity index is 631. The molecule has 2 aliphatic rings. The fourth-order valence-corrected chi connectivity index (χ4v) is 4.43. The molecule has 0 spiro atoms. The Kier molecular flexibility index (Phi) is 9.69. The van der Waals surface area contributed by atoms with E-state index >= 15 is 0 Å². The van der Waals surface area contributed by atoms with Gasteiger partial charge in [0.05, 0.1) is 6.54 Å². The first-order valence-electron chi connectivity index (χ1n) is 11.0. The zero-order valence-electron chi connectivity index (χ0n) is 18.5. The monoisotopic (exact) mass is 514 g/mol. The van der Waals surface area contributed by atoms with E-state index in [1.807, 2.05) is 0 Å². The first-order valence-corrected chi connectivity index (χ1v) is 11.0. The second-order valence-electron chi connectivity index (χ2n) is 8.73. The summed E-state index contributed by atoms with van der Waals surface area (Å²) in [6.45, 7) is 14.6. The van der Waals surface area contributed by atoms with E-state index in [-0.39, 0.29) is 29.4 Å². The van der Waals surface area contributed by atoms with Crippen LogP contribution in [0.3, 0.4) is 0 Å². The summed E-state index contributed by atoms with van der Waals surface area (Å²) in [5, 5.41) is 7.20. The molecule has 0 saturated carbocycles. The quantitative estimate of drug-likeness (QED) is 0.346. The second-order valence-corrected chi connectivity index (χ2v) is 8.73. The molecule has 6 heteroatoms. The van der Waals surface area contributed by atoms with Crippen molar-refractivity contribution in [1.29, 1.82) is 0 Å². The van der Waals surface area contributed by atoms with Crippen LogP contribution in [0.2, 0.25) is 0 Å². The highest BCUT2D eigenvalue weighted by Crippen LogP contribution is 2.35. The van der Waals surface area contributed by atoms with Crippen LogP contribution in [-0.4, -0.2) is 62.3 Å². The molecule has 0 radical (unpaired) electrons. The third-order valence-corrected chi connectivity index (χ3v) is 6.41. The SMILES string of the molecule is CCNC(=NCC1(c2ccccc2)CCOCC1)NC1CN(C(C)C)CC1C.I. The summed E-state index contributed by atoms with van der Waals surface area (Å²) in [5.74, 6) is 1.57. The van der Waals surface area contributed by atoms with Gasteiger partial charge in [-0.15, -0.1) is 24.0 Å². The molecule has 29 heavy (non-hydrogen) atoms. The third-order valence-electron chi connectivity index (χ3n) is 6.41. The second kappa shape index (κ2) is 11.5. The standard InChI is InChI=1S/C23H38N4O.HI/c1-5-24-22(26-21-16-27(18(2)3)15-19(21)4)25-17-23(11-13-28-14-12-23)20-9-7-6-8-10-20;/h6-10,18-19,21H,5,11-17H2,1-4H3,(H2,24,25,26);1H. The number of rotatable bonds is 6. The number of guanidine groups is 1. The van der Waals surface area contributed by atoms with E-state index < -0.39 is 0 Å². The molecule has 2 saturated heterocycles. The summed E-state index contributed by atoms with van der Waals surface area (Å²) in [4.78, 5) is 7.63. The van der Waals surface area contributed by atoms with Crippen molar-refractivity contribution < 1.29 is 4.74 Å². The van der Waals surface area contributed by atoms with Crippen LogP contribution in [0.25, 0.3) is 0 Å². The van der Waals surface area contributed by atoms with Crippen LogP contribution in [0.15, 0.2) is 35.3 Å². The van der Waals surface area contributed by atoms with Crippen LogP contribution < -0.4 is 10.6 Å². The number of benzene rings is 1. The van der Waals surface area contributed by atoms with Crippen LogP contribution in [-0.2, 0) is 10.2 Å². The smallest absolute Gasteiger partial charge is 0.191 e. The molecule has 0 aliphatic carbocycles. The van der Waals surface area contributed by atoms with E-state index in [2.05, 4.69) is 73.6 Å². The van der Waals surface area contributed by atoms with Crippen molar-refractivity contribution in [3.63, 3.8) is 0 Å². The highest BCUT2D eigenvalue weighted by Gasteiger charge is 2.35. The molecular formula is C23H39IN4O. The lowest BCUT2D eigenvalue weighted by molar-refractivity contribution is 0.0531. The van der Waals surface area contributed by atoms with Gasteiger partial charge in [-0.3, -0.25) is 9.89 Å².